The zero-order valence-electron chi connectivity index (χ0n) is 8.02. The van der Waals surface area contributed by atoms with Gasteiger partial charge in [0, 0.05) is 11.8 Å². The summed E-state index contributed by atoms with van der Waals surface area (Å²) in [6, 6.07) is 0.682. The van der Waals surface area contributed by atoms with Gasteiger partial charge in [-0.05, 0) is 25.6 Å². The van der Waals surface area contributed by atoms with Gasteiger partial charge in [-0.3, -0.25) is 0 Å². The van der Waals surface area contributed by atoms with Gasteiger partial charge in [0.15, 0.2) is 0 Å². The molecule has 0 radical (unpaired) electrons. The van der Waals surface area contributed by atoms with E-state index in [4.69, 9.17) is 0 Å². The summed E-state index contributed by atoms with van der Waals surface area (Å²) in [6.45, 7) is 7.75. The van der Waals surface area contributed by atoms with Crippen LogP contribution in [0.2, 0.25) is 0 Å². The lowest BCUT2D eigenvalue weighted by atomic mass is 10.4. The second-order valence-electron chi connectivity index (χ2n) is 2.89. The molecule has 68 valence electrons. The van der Waals surface area contributed by atoms with E-state index in [1.165, 1.54) is 24.3 Å². The monoisotopic (exact) mass is 175 g/mol. The molecule has 0 saturated heterocycles. The Morgan fingerprint density at radius 3 is 2.64 bits per heavy atom. The van der Waals surface area contributed by atoms with Crippen molar-refractivity contribution in [2.24, 2.45) is 0 Å². The fourth-order valence-electron chi connectivity index (χ4n) is 0.914. The number of hydrogen-bond donors (Lipinski definition) is 1. The molecule has 0 aromatic heterocycles. The quantitative estimate of drug-likeness (QED) is 0.597. The first kappa shape index (κ1) is 11.3. The van der Waals surface area contributed by atoms with Gasteiger partial charge in [-0.2, -0.15) is 11.8 Å². The van der Waals surface area contributed by atoms with Gasteiger partial charge >= 0.3 is 0 Å². The van der Waals surface area contributed by atoms with E-state index < -0.39 is 0 Å². The van der Waals surface area contributed by atoms with Crippen molar-refractivity contribution < 1.29 is 0 Å². The summed E-state index contributed by atoms with van der Waals surface area (Å²) in [7, 11) is 0. The third kappa shape index (κ3) is 8.21. The van der Waals surface area contributed by atoms with Gasteiger partial charge in [-0.1, -0.05) is 20.3 Å². The maximum atomic E-state index is 3.40. The number of hydrogen-bond acceptors (Lipinski definition) is 2. The van der Waals surface area contributed by atoms with Gasteiger partial charge in [0.1, 0.15) is 0 Å². The molecule has 0 aliphatic heterocycles. The van der Waals surface area contributed by atoms with Crippen LogP contribution in [0.25, 0.3) is 0 Å². The topological polar surface area (TPSA) is 12.0 Å². The first-order valence-corrected chi connectivity index (χ1v) is 5.77. The van der Waals surface area contributed by atoms with Crippen molar-refractivity contribution in [2.45, 2.75) is 39.7 Å². The number of rotatable bonds is 7. The highest BCUT2D eigenvalue weighted by molar-refractivity contribution is 7.99. The Labute approximate surface area is 75.3 Å². The predicted molar refractivity (Wildman–Crippen MR) is 55.4 cm³/mol. The van der Waals surface area contributed by atoms with Crippen LogP contribution in [0.15, 0.2) is 0 Å². The van der Waals surface area contributed by atoms with Crippen molar-refractivity contribution in [3.63, 3.8) is 0 Å². The van der Waals surface area contributed by atoms with Crippen molar-refractivity contribution >= 4 is 11.8 Å². The third-order valence-electron chi connectivity index (χ3n) is 1.56. The molecule has 0 amide bonds. The van der Waals surface area contributed by atoms with Crippen LogP contribution < -0.4 is 5.32 Å². The van der Waals surface area contributed by atoms with E-state index in [2.05, 4.69) is 37.8 Å². The summed E-state index contributed by atoms with van der Waals surface area (Å²) >= 11 is 2.06. The summed E-state index contributed by atoms with van der Waals surface area (Å²) in [5.41, 5.74) is 0. The summed E-state index contributed by atoms with van der Waals surface area (Å²) in [5, 5.41) is 3.40. The molecule has 0 spiro atoms. The highest BCUT2D eigenvalue weighted by atomic mass is 32.2. The Morgan fingerprint density at radius 2 is 2.09 bits per heavy atom. The molecule has 0 rings (SSSR count). The second-order valence-corrected chi connectivity index (χ2v) is 4.04. The van der Waals surface area contributed by atoms with Crippen molar-refractivity contribution in [3.05, 3.63) is 0 Å². The molecule has 1 unspecified atom stereocenters. The molecular weight excluding hydrogens is 154 g/mol. The van der Waals surface area contributed by atoms with Gasteiger partial charge in [0.2, 0.25) is 0 Å². The molecule has 0 fully saturated rings. The Kier molecular flexibility index (Phi) is 8.64. The molecule has 0 saturated carbocycles. The zero-order valence-corrected chi connectivity index (χ0v) is 8.84. The highest BCUT2D eigenvalue weighted by Crippen LogP contribution is 2.05. The number of unbranched alkanes of at least 4 members (excludes halogenated alkanes) is 1. The Bertz CT molecular complexity index is 76.0. The standard InChI is InChI=1S/C9H21NS/c1-4-6-7-11-8-9(3)10-5-2/h9-10H,4-8H2,1-3H3. The Morgan fingerprint density at radius 1 is 1.36 bits per heavy atom. The van der Waals surface area contributed by atoms with E-state index in [9.17, 15) is 0 Å². The minimum absolute atomic E-state index is 0.682. The van der Waals surface area contributed by atoms with Crippen molar-refractivity contribution in [3.8, 4) is 0 Å². The van der Waals surface area contributed by atoms with Gasteiger partial charge in [-0.25, -0.2) is 0 Å². The molecular formula is C9H21NS. The molecule has 0 aromatic rings. The van der Waals surface area contributed by atoms with Crippen LogP contribution in [0.4, 0.5) is 0 Å². The van der Waals surface area contributed by atoms with Gasteiger partial charge in [-0.15, -0.1) is 0 Å². The van der Waals surface area contributed by atoms with Crippen LogP contribution in [0.5, 0.6) is 0 Å². The molecule has 0 aromatic carbocycles. The van der Waals surface area contributed by atoms with E-state index in [0.29, 0.717) is 6.04 Å². The average molecular weight is 175 g/mol. The van der Waals surface area contributed by atoms with E-state index in [1.54, 1.807) is 0 Å². The van der Waals surface area contributed by atoms with Gasteiger partial charge < -0.3 is 5.32 Å². The minimum Gasteiger partial charge on any atom is -0.314 e. The summed E-state index contributed by atoms with van der Waals surface area (Å²) in [5.74, 6) is 2.58. The molecule has 1 nitrogen and oxygen atoms in total. The van der Waals surface area contributed by atoms with E-state index in [1.807, 2.05) is 0 Å². The normalized spacial score (nSPS) is 13.4. The first-order chi connectivity index (χ1) is 5.31. The van der Waals surface area contributed by atoms with Crippen LogP contribution in [0.1, 0.15) is 33.6 Å². The molecule has 0 aliphatic rings. The van der Waals surface area contributed by atoms with Gasteiger partial charge in [0.25, 0.3) is 0 Å². The summed E-state index contributed by atoms with van der Waals surface area (Å²) in [6.07, 6.45) is 2.69. The first-order valence-electron chi connectivity index (χ1n) is 4.62. The molecule has 0 heterocycles. The molecule has 0 aliphatic carbocycles. The van der Waals surface area contributed by atoms with Crippen LogP contribution in [-0.4, -0.2) is 24.1 Å². The maximum absolute atomic E-state index is 3.40. The number of thioether (sulfide) groups is 1. The van der Waals surface area contributed by atoms with E-state index in [0.717, 1.165) is 6.54 Å². The second kappa shape index (κ2) is 8.41. The summed E-state index contributed by atoms with van der Waals surface area (Å²) < 4.78 is 0. The maximum Gasteiger partial charge on any atom is 0.0129 e. The Balaban J connectivity index is 2.97. The lowest BCUT2D eigenvalue weighted by Gasteiger charge is -2.10. The van der Waals surface area contributed by atoms with Crippen LogP contribution >= 0.6 is 11.8 Å². The van der Waals surface area contributed by atoms with Crippen molar-refractivity contribution in [1.82, 2.24) is 5.32 Å². The highest BCUT2D eigenvalue weighted by Gasteiger charge is 1.97. The third-order valence-corrected chi connectivity index (χ3v) is 2.88. The Hall–Kier alpha value is 0.310. The molecule has 11 heavy (non-hydrogen) atoms. The molecule has 0 bridgehead atoms. The lowest BCUT2D eigenvalue weighted by Crippen LogP contribution is -2.27. The van der Waals surface area contributed by atoms with Gasteiger partial charge in [0.05, 0.1) is 0 Å². The fourth-order valence-corrected chi connectivity index (χ4v) is 2.04. The minimum atomic E-state index is 0.682. The largest absolute Gasteiger partial charge is 0.314 e. The van der Waals surface area contributed by atoms with Crippen molar-refractivity contribution in [1.29, 1.82) is 0 Å². The number of nitrogens with one attached hydrogen (secondary N) is 1. The molecule has 1 N–H and O–H groups in total. The van der Waals surface area contributed by atoms with Crippen LogP contribution in [-0.2, 0) is 0 Å². The fraction of sp³-hybridized carbons (Fsp3) is 1.00. The van der Waals surface area contributed by atoms with E-state index >= 15 is 0 Å². The SMILES string of the molecule is CCCCSCC(C)NCC. The molecule has 2 heteroatoms. The predicted octanol–water partition coefficient (Wildman–Crippen LogP) is 2.52. The van der Waals surface area contributed by atoms with Crippen molar-refractivity contribution in [2.75, 3.05) is 18.1 Å². The van der Waals surface area contributed by atoms with Crippen LogP contribution in [0, 0.1) is 0 Å². The average Bonchev–Trinajstić information content (AvgIpc) is 1.99. The van der Waals surface area contributed by atoms with E-state index in [-0.39, 0.29) is 0 Å². The lowest BCUT2D eigenvalue weighted by molar-refractivity contribution is 0.620. The smallest absolute Gasteiger partial charge is 0.0129 e. The molecule has 1 atom stereocenters. The summed E-state index contributed by atoms with van der Waals surface area (Å²) in [4.78, 5) is 0. The van der Waals surface area contributed by atoms with Crippen LogP contribution in [0.3, 0.4) is 0 Å². The zero-order chi connectivity index (χ0) is 8.53.